The largest absolute Gasteiger partial charge is 0.270 e. The summed E-state index contributed by atoms with van der Waals surface area (Å²) in [6, 6.07) is 7.08. The zero-order chi connectivity index (χ0) is 27.8. The summed E-state index contributed by atoms with van der Waals surface area (Å²) >= 11 is 6.06. The average Bonchev–Trinajstić information content (AvgIpc) is 3.56. The second kappa shape index (κ2) is 13.9. The molecule has 16 heteroatoms. The standard InChI is InChI=1S/C10H11BrN2O4S.C6H3BrClNO4S.C5H10/c11-9-4-3-8(13(14)15)7-10(9)18(16,17)12-5-1-2-6-12;7-5-2-1-4(9(10)11)3-6(5)14(8,12)13;1-2-4-5-3-1/h3-4,7H,1-2,5-6H2;1-3H;1-5H2. The molecule has 1 saturated heterocycles. The Morgan fingerprint density at radius 3 is 1.46 bits per heavy atom. The van der Waals surface area contributed by atoms with E-state index in [1.807, 2.05) is 0 Å². The number of rotatable bonds is 5. The third-order valence-corrected chi connectivity index (χ3v) is 10.7. The average molecular weight is 706 g/mol. The Labute approximate surface area is 236 Å². The van der Waals surface area contributed by atoms with Crippen LogP contribution in [0.25, 0.3) is 0 Å². The molecule has 0 N–H and O–H groups in total. The van der Waals surface area contributed by atoms with Gasteiger partial charge in [-0.2, -0.15) is 4.31 Å². The molecule has 0 unspecified atom stereocenters. The molecule has 37 heavy (non-hydrogen) atoms. The number of non-ortho nitro benzene ring substituents is 2. The molecule has 1 heterocycles. The molecule has 11 nitrogen and oxygen atoms in total. The van der Waals surface area contributed by atoms with Crippen molar-refractivity contribution in [3.63, 3.8) is 0 Å². The van der Waals surface area contributed by atoms with Gasteiger partial charge >= 0.3 is 0 Å². The number of nitro benzene ring substituents is 2. The molecule has 1 aliphatic heterocycles. The van der Waals surface area contributed by atoms with E-state index in [2.05, 4.69) is 31.9 Å². The number of sulfonamides is 1. The zero-order valence-electron chi connectivity index (χ0n) is 19.4. The van der Waals surface area contributed by atoms with Gasteiger partial charge in [0.15, 0.2) is 0 Å². The van der Waals surface area contributed by atoms with Crippen LogP contribution in [0.5, 0.6) is 0 Å². The van der Waals surface area contributed by atoms with Crippen LogP contribution < -0.4 is 0 Å². The normalized spacial score (nSPS) is 15.8. The van der Waals surface area contributed by atoms with E-state index >= 15 is 0 Å². The lowest BCUT2D eigenvalue weighted by Gasteiger charge is -2.16. The number of hydrogen-bond donors (Lipinski definition) is 0. The topological polar surface area (TPSA) is 158 Å². The summed E-state index contributed by atoms with van der Waals surface area (Å²) in [6.07, 6.45) is 9.15. The Hall–Kier alpha value is -1.65. The molecule has 4 rings (SSSR count). The zero-order valence-corrected chi connectivity index (χ0v) is 24.9. The first-order chi connectivity index (χ1) is 17.2. The molecule has 2 aromatic rings. The predicted octanol–water partition coefficient (Wildman–Crippen LogP) is 6.38. The van der Waals surface area contributed by atoms with E-state index in [1.54, 1.807) is 0 Å². The van der Waals surface area contributed by atoms with Crippen LogP contribution in [-0.2, 0) is 19.1 Å². The Bertz CT molecular complexity index is 1340. The SMILES string of the molecule is C1CCCC1.O=[N+]([O-])c1ccc(Br)c(S(=O)(=O)Cl)c1.O=[N+]([O-])c1ccc(Br)c(S(=O)(=O)N2CCCC2)c1. The van der Waals surface area contributed by atoms with Crippen LogP contribution in [0.3, 0.4) is 0 Å². The highest BCUT2D eigenvalue weighted by atomic mass is 79.9. The van der Waals surface area contributed by atoms with E-state index in [9.17, 15) is 37.1 Å². The summed E-state index contributed by atoms with van der Waals surface area (Å²) in [5.41, 5.74) is -0.552. The van der Waals surface area contributed by atoms with Gasteiger partial charge in [0.05, 0.1) is 9.85 Å². The minimum absolute atomic E-state index is 0.0430. The molecular formula is C21H24Br2ClN3O8S2. The van der Waals surface area contributed by atoms with Crippen molar-refractivity contribution in [2.45, 2.75) is 54.7 Å². The van der Waals surface area contributed by atoms with Crippen LogP contribution in [0, 0.1) is 20.2 Å². The molecule has 0 spiro atoms. The van der Waals surface area contributed by atoms with Crippen LogP contribution in [0.1, 0.15) is 44.9 Å². The molecule has 2 aliphatic rings. The van der Waals surface area contributed by atoms with Crippen LogP contribution in [0.15, 0.2) is 55.1 Å². The molecule has 0 aromatic heterocycles. The highest BCUT2D eigenvalue weighted by Crippen LogP contribution is 2.31. The third kappa shape index (κ3) is 9.25. The van der Waals surface area contributed by atoms with Crippen molar-refractivity contribution >= 4 is 73.0 Å². The molecule has 0 amide bonds. The van der Waals surface area contributed by atoms with Crippen molar-refractivity contribution in [2.24, 2.45) is 0 Å². The Morgan fingerprint density at radius 2 is 1.08 bits per heavy atom. The Morgan fingerprint density at radius 1 is 0.703 bits per heavy atom. The number of halogens is 3. The second-order valence-corrected chi connectivity index (χ2v) is 14.2. The lowest BCUT2D eigenvalue weighted by Crippen LogP contribution is -2.28. The van der Waals surface area contributed by atoms with Crippen LogP contribution in [0.2, 0.25) is 0 Å². The van der Waals surface area contributed by atoms with Gasteiger partial charge in [0.1, 0.15) is 9.79 Å². The maximum absolute atomic E-state index is 12.3. The molecule has 2 fully saturated rings. The van der Waals surface area contributed by atoms with Gasteiger partial charge in [-0.3, -0.25) is 20.2 Å². The fourth-order valence-electron chi connectivity index (χ4n) is 3.55. The van der Waals surface area contributed by atoms with Gasteiger partial charge in [0.2, 0.25) is 10.0 Å². The van der Waals surface area contributed by atoms with Crippen molar-refractivity contribution in [3.05, 3.63) is 65.6 Å². The minimum Gasteiger partial charge on any atom is -0.258 e. The van der Waals surface area contributed by atoms with Crippen LogP contribution in [-0.4, -0.2) is 44.1 Å². The molecule has 0 bridgehead atoms. The highest BCUT2D eigenvalue weighted by Gasteiger charge is 2.30. The van der Waals surface area contributed by atoms with Crippen molar-refractivity contribution in [1.29, 1.82) is 0 Å². The Balaban J connectivity index is 0.000000224. The van der Waals surface area contributed by atoms with Crippen LogP contribution in [0.4, 0.5) is 11.4 Å². The van der Waals surface area contributed by atoms with E-state index in [-0.39, 0.29) is 25.6 Å². The molecule has 0 radical (unpaired) electrons. The van der Waals surface area contributed by atoms with Gasteiger partial charge < -0.3 is 0 Å². The van der Waals surface area contributed by atoms with Gasteiger partial charge in [-0.1, -0.05) is 32.1 Å². The first kappa shape index (κ1) is 31.6. The van der Waals surface area contributed by atoms with Gasteiger partial charge in [0.25, 0.3) is 20.4 Å². The van der Waals surface area contributed by atoms with Crippen molar-refractivity contribution in [1.82, 2.24) is 4.31 Å². The molecule has 0 atom stereocenters. The van der Waals surface area contributed by atoms with E-state index in [0.29, 0.717) is 17.6 Å². The van der Waals surface area contributed by atoms with Crippen molar-refractivity contribution < 1.29 is 26.7 Å². The lowest BCUT2D eigenvalue weighted by atomic mass is 10.3. The van der Waals surface area contributed by atoms with Crippen LogP contribution >= 0.6 is 42.5 Å². The number of nitrogens with zero attached hydrogens (tertiary/aromatic N) is 3. The smallest absolute Gasteiger partial charge is 0.258 e. The van der Waals surface area contributed by atoms with Gasteiger partial charge in [-0.05, 0) is 56.8 Å². The number of benzene rings is 2. The summed E-state index contributed by atoms with van der Waals surface area (Å²) in [4.78, 5) is 19.4. The first-order valence-corrected chi connectivity index (χ1v) is 16.4. The fraction of sp³-hybridized carbons (Fsp3) is 0.429. The molecule has 1 aliphatic carbocycles. The summed E-state index contributed by atoms with van der Waals surface area (Å²) in [5.74, 6) is 0. The highest BCUT2D eigenvalue weighted by molar-refractivity contribution is 9.10. The number of hydrogen-bond acceptors (Lipinski definition) is 8. The van der Waals surface area contributed by atoms with E-state index in [4.69, 9.17) is 10.7 Å². The summed E-state index contributed by atoms with van der Waals surface area (Å²) < 4.78 is 48.4. The number of nitro groups is 2. The quantitative estimate of drug-likeness (QED) is 0.197. The van der Waals surface area contributed by atoms with Crippen molar-refractivity contribution in [2.75, 3.05) is 13.1 Å². The van der Waals surface area contributed by atoms with Gasteiger partial charge in [-0.25, -0.2) is 16.8 Å². The molecule has 204 valence electrons. The monoisotopic (exact) mass is 703 g/mol. The summed E-state index contributed by atoms with van der Waals surface area (Å²) in [7, 11) is -2.55. The second-order valence-electron chi connectivity index (χ2n) is 8.06. The summed E-state index contributed by atoms with van der Waals surface area (Å²) in [5, 5.41) is 21.0. The van der Waals surface area contributed by atoms with Gasteiger partial charge in [-0.15, -0.1) is 0 Å². The molecule has 2 aromatic carbocycles. The minimum atomic E-state index is -3.97. The predicted molar refractivity (Wildman–Crippen MR) is 146 cm³/mol. The third-order valence-electron chi connectivity index (χ3n) is 5.45. The van der Waals surface area contributed by atoms with E-state index in [0.717, 1.165) is 25.0 Å². The van der Waals surface area contributed by atoms with Crippen molar-refractivity contribution in [3.8, 4) is 0 Å². The Kier molecular flexibility index (Phi) is 11.9. The maximum Gasteiger partial charge on any atom is 0.270 e. The fourth-order valence-corrected chi connectivity index (χ4v) is 8.12. The molecular weight excluding hydrogens is 682 g/mol. The van der Waals surface area contributed by atoms with E-state index in [1.165, 1.54) is 60.7 Å². The molecule has 1 saturated carbocycles. The van der Waals surface area contributed by atoms with E-state index < -0.39 is 28.9 Å². The summed E-state index contributed by atoms with van der Waals surface area (Å²) in [6.45, 7) is 0.939. The lowest BCUT2D eigenvalue weighted by molar-refractivity contribution is -0.385. The first-order valence-electron chi connectivity index (χ1n) is 11.1. The van der Waals surface area contributed by atoms with Gasteiger partial charge in [0, 0.05) is 57.0 Å². The maximum atomic E-state index is 12.3.